The number of carbonyl (C=O) groups is 2. The zero-order chi connectivity index (χ0) is 21.1. The normalized spacial score (nSPS) is 15.8. The molecule has 0 saturated carbocycles. The van der Waals surface area contributed by atoms with Crippen molar-refractivity contribution in [3.8, 4) is 10.6 Å². The summed E-state index contributed by atoms with van der Waals surface area (Å²) in [7, 11) is 0. The predicted octanol–water partition coefficient (Wildman–Crippen LogP) is 4.12. The maximum atomic E-state index is 13.3. The van der Waals surface area contributed by atoms with E-state index in [2.05, 4.69) is 20.8 Å². The van der Waals surface area contributed by atoms with Crippen LogP contribution in [0.25, 0.3) is 10.6 Å². The van der Waals surface area contributed by atoms with Crippen molar-refractivity contribution in [2.75, 3.05) is 17.2 Å². The Morgan fingerprint density at radius 3 is 2.60 bits per heavy atom. The van der Waals surface area contributed by atoms with E-state index in [9.17, 15) is 18.4 Å². The summed E-state index contributed by atoms with van der Waals surface area (Å²) in [5.41, 5.74) is 1.01. The van der Waals surface area contributed by atoms with E-state index < -0.39 is 17.9 Å². The number of halogens is 2. The van der Waals surface area contributed by atoms with Crippen molar-refractivity contribution in [3.63, 3.8) is 0 Å². The number of aromatic nitrogens is 2. The van der Waals surface area contributed by atoms with E-state index >= 15 is 0 Å². The molecule has 4 rings (SSSR count). The fourth-order valence-electron chi connectivity index (χ4n) is 3.22. The fourth-order valence-corrected chi connectivity index (χ4v) is 3.97. The number of hydrogen-bond donors (Lipinski definition) is 2. The lowest BCUT2D eigenvalue weighted by Crippen LogP contribution is -2.45. The molecular weight excluding hydrogens is 412 g/mol. The number of likely N-dealkylation sites (tertiary alicyclic amines) is 1. The molecule has 2 N–H and O–H groups in total. The molecule has 1 aliphatic heterocycles. The number of nitrogens with one attached hydrogen (secondary N) is 2. The van der Waals surface area contributed by atoms with Crippen molar-refractivity contribution >= 4 is 34.1 Å². The fraction of sp³-hybridized carbons (Fsp3) is 0.200. The Labute approximate surface area is 174 Å². The van der Waals surface area contributed by atoms with Crippen molar-refractivity contribution < 1.29 is 18.4 Å². The van der Waals surface area contributed by atoms with E-state index in [1.54, 1.807) is 18.2 Å². The van der Waals surface area contributed by atoms with Gasteiger partial charge in [0.2, 0.25) is 11.0 Å². The Bertz CT molecular complexity index is 1070. The van der Waals surface area contributed by atoms with Crippen LogP contribution in [0.4, 0.5) is 24.4 Å². The van der Waals surface area contributed by atoms with Gasteiger partial charge in [-0.05, 0) is 55.3 Å². The first-order chi connectivity index (χ1) is 14.5. The van der Waals surface area contributed by atoms with Crippen molar-refractivity contribution in [1.29, 1.82) is 0 Å². The van der Waals surface area contributed by atoms with Crippen LogP contribution < -0.4 is 10.6 Å². The average Bonchev–Trinajstić information content (AvgIpc) is 3.38. The summed E-state index contributed by atoms with van der Waals surface area (Å²) in [5.74, 6) is -1.19. The summed E-state index contributed by atoms with van der Waals surface area (Å²) in [5, 5.41) is 14.1. The standard InChI is InChI=1S/C20H17F2N5O2S/c21-13-8-6-12(7-9-13)18-25-26-19(30-18)24-17(28)16-5-2-10-27(16)20(29)23-15-4-1-3-14(22)11-15/h1,3-4,6-9,11,16H,2,5,10H2,(H,23,29)(H,24,26,28). The summed E-state index contributed by atoms with van der Waals surface area (Å²) in [6, 6.07) is 10.2. The van der Waals surface area contributed by atoms with Gasteiger partial charge in [0.15, 0.2) is 0 Å². The highest BCUT2D eigenvalue weighted by molar-refractivity contribution is 7.18. The Hall–Kier alpha value is -3.40. The third kappa shape index (κ3) is 4.43. The van der Waals surface area contributed by atoms with Gasteiger partial charge in [-0.25, -0.2) is 13.6 Å². The maximum absolute atomic E-state index is 13.3. The van der Waals surface area contributed by atoms with E-state index in [4.69, 9.17) is 0 Å². The number of amides is 3. The van der Waals surface area contributed by atoms with Gasteiger partial charge in [-0.2, -0.15) is 0 Å². The zero-order valence-electron chi connectivity index (χ0n) is 15.6. The number of carbonyl (C=O) groups excluding carboxylic acids is 2. The molecule has 1 aliphatic rings. The minimum absolute atomic E-state index is 0.289. The van der Waals surface area contributed by atoms with Crippen LogP contribution >= 0.6 is 11.3 Å². The molecule has 10 heteroatoms. The van der Waals surface area contributed by atoms with Crippen LogP contribution in [-0.2, 0) is 4.79 Å². The lowest BCUT2D eigenvalue weighted by Gasteiger charge is -2.23. The molecule has 0 bridgehead atoms. The van der Waals surface area contributed by atoms with Crippen LogP contribution in [0, 0.1) is 11.6 Å². The predicted molar refractivity (Wildman–Crippen MR) is 109 cm³/mol. The Kier molecular flexibility index (Phi) is 5.66. The lowest BCUT2D eigenvalue weighted by molar-refractivity contribution is -0.119. The molecule has 0 radical (unpaired) electrons. The number of hydrogen-bond acceptors (Lipinski definition) is 5. The van der Waals surface area contributed by atoms with Gasteiger partial charge >= 0.3 is 6.03 Å². The van der Waals surface area contributed by atoms with Gasteiger partial charge in [0, 0.05) is 17.8 Å². The third-order valence-electron chi connectivity index (χ3n) is 4.64. The Morgan fingerprint density at radius 2 is 1.83 bits per heavy atom. The third-order valence-corrected chi connectivity index (χ3v) is 5.53. The quantitative estimate of drug-likeness (QED) is 0.653. The minimum Gasteiger partial charge on any atom is -0.312 e. The van der Waals surface area contributed by atoms with Gasteiger partial charge in [-0.1, -0.05) is 17.4 Å². The van der Waals surface area contributed by atoms with Gasteiger partial charge in [-0.15, -0.1) is 10.2 Å². The SMILES string of the molecule is O=C(Nc1nnc(-c2ccc(F)cc2)s1)C1CCCN1C(=O)Nc1cccc(F)c1. The van der Waals surface area contributed by atoms with Crippen LogP contribution in [-0.4, -0.2) is 39.6 Å². The van der Waals surface area contributed by atoms with Crippen LogP contribution in [0.3, 0.4) is 0 Å². The van der Waals surface area contributed by atoms with Gasteiger partial charge in [0.05, 0.1) is 0 Å². The highest BCUT2D eigenvalue weighted by atomic mass is 32.1. The van der Waals surface area contributed by atoms with E-state index in [0.29, 0.717) is 35.6 Å². The topological polar surface area (TPSA) is 87.2 Å². The van der Waals surface area contributed by atoms with E-state index in [0.717, 1.165) is 11.3 Å². The molecule has 0 aliphatic carbocycles. The first-order valence-corrected chi connectivity index (χ1v) is 10.0. The largest absolute Gasteiger partial charge is 0.322 e. The van der Waals surface area contributed by atoms with E-state index in [1.807, 2.05) is 0 Å². The molecule has 1 aromatic heterocycles. The smallest absolute Gasteiger partial charge is 0.312 e. The number of anilines is 2. The van der Waals surface area contributed by atoms with Gasteiger partial charge < -0.3 is 10.2 Å². The molecule has 7 nitrogen and oxygen atoms in total. The minimum atomic E-state index is -0.670. The molecule has 0 spiro atoms. The van der Waals surface area contributed by atoms with Gasteiger partial charge in [-0.3, -0.25) is 10.1 Å². The number of nitrogens with zero attached hydrogens (tertiary/aromatic N) is 3. The van der Waals surface area contributed by atoms with Crippen molar-refractivity contribution in [1.82, 2.24) is 15.1 Å². The maximum Gasteiger partial charge on any atom is 0.322 e. The molecule has 2 heterocycles. The molecule has 1 unspecified atom stereocenters. The van der Waals surface area contributed by atoms with Crippen LogP contribution in [0.1, 0.15) is 12.8 Å². The Balaban J connectivity index is 1.41. The molecule has 3 aromatic rings. The van der Waals surface area contributed by atoms with Gasteiger partial charge in [0.25, 0.3) is 0 Å². The van der Waals surface area contributed by atoms with E-state index in [1.165, 1.54) is 35.2 Å². The molecular formula is C20H17F2N5O2S. The number of benzene rings is 2. The molecule has 3 amide bonds. The summed E-state index contributed by atoms with van der Waals surface area (Å²) in [4.78, 5) is 26.7. The second-order valence-electron chi connectivity index (χ2n) is 6.70. The van der Waals surface area contributed by atoms with Crippen molar-refractivity contribution in [2.24, 2.45) is 0 Å². The highest BCUT2D eigenvalue weighted by Crippen LogP contribution is 2.27. The van der Waals surface area contributed by atoms with Gasteiger partial charge in [0.1, 0.15) is 22.7 Å². The molecule has 1 fully saturated rings. The monoisotopic (exact) mass is 429 g/mol. The molecule has 154 valence electrons. The highest BCUT2D eigenvalue weighted by Gasteiger charge is 2.34. The lowest BCUT2D eigenvalue weighted by atomic mass is 10.2. The summed E-state index contributed by atoms with van der Waals surface area (Å²) < 4.78 is 26.4. The number of rotatable bonds is 4. The Morgan fingerprint density at radius 1 is 1.03 bits per heavy atom. The molecule has 30 heavy (non-hydrogen) atoms. The molecule has 1 saturated heterocycles. The van der Waals surface area contributed by atoms with Crippen LogP contribution in [0.15, 0.2) is 48.5 Å². The zero-order valence-corrected chi connectivity index (χ0v) is 16.5. The van der Waals surface area contributed by atoms with Crippen molar-refractivity contribution in [2.45, 2.75) is 18.9 Å². The summed E-state index contributed by atoms with van der Waals surface area (Å²) in [6.07, 6.45) is 1.18. The second kappa shape index (κ2) is 8.54. The van der Waals surface area contributed by atoms with E-state index in [-0.39, 0.29) is 16.9 Å². The summed E-state index contributed by atoms with van der Waals surface area (Å²) in [6.45, 7) is 0.413. The van der Waals surface area contributed by atoms with Crippen LogP contribution in [0.2, 0.25) is 0 Å². The van der Waals surface area contributed by atoms with Crippen LogP contribution in [0.5, 0.6) is 0 Å². The number of urea groups is 1. The summed E-state index contributed by atoms with van der Waals surface area (Å²) >= 11 is 1.16. The van der Waals surface area contributed by atoms with Crippen molar-refractivity contribution in [3.05, 3.63) is 60.2 Å². The first kappa shape index (κ1) is 19.9. The molecule has 1 atom stereocenters. The second-order valence-corrected chi connectivity index (χ2v) is 7.68. The average molecular weight is 429 g/mol. The first-order valence-electron chi connectivity index (χ1n) is 9.23. The molecule has 2 aromatic carbocycles.